The number of nitrogens with zero attached hydrogens (tertiary/aromatic N) is 3. The number of carbonyl (C=O) groups is 2. The van der Waals surface area contributed by atoms with Gasteiger partial charge in [-0.2, -0.15) is 0 Å². The van der Waals surface area contributed by atoms with Crippen LogP contribution in [0.1, 0.15) is 69.0 Å². The molecule has 3 heterocycles. The molecule has 1 unspecified atom stereocenters. The molecule has 4 aromatic rings. The van der Waals surface area contributed by atoms with E-state index in [9.17, 15) is 9.59 Å². The van der Waals surface area contributed by atoms with Crippen molar-refractivity contribution < 1.29 is 19.1 Å². The Labute approximate surface area is 242 Å². The topological polar surface area (TPSA) is 73.7 Å². The Kier molecular flexibility index (Phi) is 8.43. The predicted molar refractivity (Wildman–Crippen MR) is 161 cm³/mol. The van der Waals surface area contributed by atoms with Gasteiger partial charge in [-0.15, -0.1) is 0 Å². The molecule has 5 rings (SSSR count). The van der Waals surface area contributed by atoms with Crippen molar-refractivity contribution in [3.63, 3.8) is 0 Å². The molecule has 1 aliphatic heterocycles. The molecule has 1 amide bonds. The molecule has 0 bridgehead atoms. The van der Waals surface area contributed by atoms with E-state index in [1.165, 1.54) is 5.56 Å². The van der Waals surface area contributed by atoms with Crippen LogP contribution in [0.15, 0.2) is 72.9 Å². The fourth-order valence-corrected chi connectivity index (χ4v) is 5.55. The molecule has 2 aromatic heterocycles. The lowest BCUT2D eigenvalue weighted by Gasteiger charge is -2.31. The van der Waals surface area contributed by atoms with Gasteiger partial charge < -0.3 is 14.0 Å². The first kappa shape index (κ1) is 28.4. The molecule has 0 fully saturated rings. The van der Waals surface area contributed by atoms with E-state index >= 15 is 0 Å². The Morgan fingerprint density at radius 2 is 1.78 bits per heavy atom. The van der Waals surface area contributed by atoms with E-state index in [1.54, 1.807) is 4.90 Å². The fourth-order valence-electron chi connectivity index (χ4n) is 5.55. The molecule has 0 saturated heterocycles. The van der Waals surface area contributed by atoms with Gasteiger partial charge >= 0.3 is 12.1 Å². The van der Waals surface area contributed by atoms with Crippen molar-refractivity contribution in [2.24, 2.45) is 0 Å². The van der Waals surface area contributed by atoms with Crippen molar-refractivity contribution in [2.45, 2.75) is 71.4 Å². The SMILES string of the molecule is CCOC(=O)CC(c1ccccc1)n1ccc2c(CCc3ccc4c(n3)N(C(=O)OC(C)(C)C)CCC4)cccc21. The van der Waals surface area contributed by atoms with Crippen LogP contribution >= 0.6 is 0 Å². The zero-order valence-corrected chi connectivity index (χ0v) is 24.4. The third-order valence-corrected chi connectivity index (χ3v) is 7.40. The maximum atomic E-state index is 12.9. The minimum absolute atomic E-state index is 0.163. The molecule has 0 saturated carbocycles. The summed E-state index contributed by atoms with van der Waals surface area (Å²) in [5, 5.41) is 1.16. The molecule has 1 aliphatic rings. The number of esters is 1. The number of aromatic nitrogens is 2. The number of hydrogen-bond acceptors (Lipinski definition) is 5. The number of amides is 1. The second kappa shape index (κ2) is 12.2. The monoisotopic (exact) mass is 553 g/mol. The molecule has 41 heavy (non-hydrogen) atoms. The lowest BCUT2D eigenvalue weighted by Crippen LogP contribution is -2.40. The maximum Gasteiger partial charge on any atom is 0.416 e. The lowest BCUT2D eigenvalue weighted by atomic mass is 10.0. The molecular weight excluding hydrogens is 514 g/mol. The molecule has 0 radical (unpaired) electrons. The average Bonchev–Trinajstić information content (AvgIpc) is 3.38. The summed E-state index contributed by atoms with van der Waals surface area (Å²) < 4.78 is 13.1. The van der Waals surface area contributed by atoms with Crippen molar-refractivity contribution in [3.8, 4) is 0 Å². The van der Waals surface area contributed by atoms with Gasteiger partial charge in [0.1, 0.15) is 11.4 Å². The minimum Gasteiger partial charge on any atom is -0.466 e. The molecule has 214 valence electrons. The number of benzene rings is 2. The van der Waals surface area contributed by atoms with Gasteiger partial charge in [-0.05, 0) is 88.3 Å². The summed E-state index contributed by atoms with van der Waals surface area (Å²) in [5.74, 6) is 0.510. The standard InChI is InChI=1S/C34H39N3O4/c1-5-40-31(38)23-30(25-11-7-6-8-12-25)36-22-20-28-24(13-9-15-29(28)36)16-18-27-19-17-26-14-10-21-37(32(26)35-27)33(39)41-34(2,3)4/h6-9,11-13,15,17,19-20,22,30H,5,10,14,16,18,21,23H2,1-4H3. The van der Waals surface area contributed by atoms with Gasteiger partial charge in [0.15, 0.2) is 0 Å². The number of carbonyl (C=O) groups excluding carboxylic acids is 2. The number of aryl methyl sites for hydroxylation is 3. The molecule has 0 spiro atoms. The predicted octanol–water partition coefficient (Wildman–Crippen LogP) is 7.05. The van der Waals surface area contributed by atoms with Crippen molar-refractivity contribution >= 4 is 28.8 Å². The largest absolute Gasteiger partial charge is 0.466 e. The highest BCUT2D eigenvalue weighted by molar-refractivity contribution is 5.88. The molecule has 7 heteroatoms. The van der Waals surface area contributed by atoms with Crippen LogP contribution in [0.2, 0.25) is 0 Å². The maximum absolute atomic E-state index is 12.9. The van der Waals surface area contributed by atoms with Gasteiger partial charge in [0.05, 0.1) is 19.1 Å². The summed E-state index contributed by atoms with van der Waals surface area (Å²) in [6, 6.07) is 22.6. The van der Waals surface area contributed by atoms with Crippen molar-refractivity contribution in [3.05, 3.63) is 95.3 Å². The third kappa shape index (κ3) is 6.62. The van der Waals surface area contributed by atoms with E-state index in [0.717, 1.165) is 59.2 Å². The second-order valence-corrected chi connectivity index (χ2v) is 11.5. The van der Waals surface area contributed by atoms with Crippen LogP contribution in [0.5, 0.6) is 0 Å². The van der Waals surface area contributed by atoms with Gasteiger partial charge in [-0.1, -0.05) is 48.5 Å². The fraction of sp³-hybridized carbons (Fsp3) is 0.382. The number of fused-ring (bicyclic) bond motifs is 2. The number of pyridine rings is 1. The van der Waals surface area contributed by atoms with Crippen LogP contribution in [0, 0.1) is 0 Å². The Hall–Kier alpha value is -4.13. The van der Waals surface area contributed by atoms with Crippen LogP contribution in [0.25, 0.3) is 10.9 Å². The first-order valence-corrected chi connectivity index (χ1v) is 14.5. The summed E-state index contributed by atoms with van der Waals surface area (Å²) >= 11 is 0. The molecular formula is C34H39N3O4. The normalized spacial score (nSPS) is 14.0. The van der Waals surface area contributed by atoms with Crippen LogP contribution in [0.3, 0.4) is 0 Å². The van der Waals surface area contributed by atoms with E-state index in [2.05, 4.69) is 59.3 Å². The Bertz CT molecular complexity index is 1520. The summed E-state index contributed by atoms with van der Waals surface area (Å²) in [6.45, 7) is 8.45. The van der Waals surface area contributed by atoms with E-state index in [0.29, 0.717) is 13.2 Å². The molecule has 7 nitrogen and oxygen atoms in total. The minimum atomic E-state index is -0.558. The van der Waals surface area contributed by atoms with Crippen LogP contribution < -0.4 is 4.90 Å². The highest BCUT2D eigenvalue weighted by atomic mass is 16.6. The number of rotatable bonds is 8. The van der Waals surface area contributed by atoms with Gasteiger partial charge in [0, 0.05) is 29.3 Å². The molecule has 0 N–H and O–H groups in total. The van der Waals surface area contributed by atoms with Crippen molar-refractivity contribution in [2.75, 3.05) is 18.1 Å². The van der Waals surface area contributed by atoms with Gasteiger partial charge in [0.25, 0.3) is 0 Å². The number of ether oxygens (including phenoxy) is 2. The van der Waals surface area contributed by atoms with Gasteiger partial charge in [0.2, 0.25) is 0 Å². The zero-order valence-electron chi connectivity index (χ0n) is 24.4. The Morgan fingerprint density at radius 1 is 0.976 bits per heavy atom. The Morgan fingerprint density at radius 3 is 2.54 bits per heavy atom. The number of hydrogen-bond donors (Lipinski definition) is 0. The average molecular weight is 554 g/mol. The zero-order chi connectivity index (χ0) is 29.0. The summed E-state index contributed by atoms with van der Waals surface area (Å²) in [4.78, 5) is 32.1. The van der Waals surface area contributed by atoms with Crippen LogP contribution in [-0.2, 0) is 33.5 Å². The van der Waals surface area contributed by atoms with E-state index in [4.69, 9.17) is 14.5 Å². The molecule has 2 aromatic carbocycles. The molecule has 1 atom stereocenters. The first-order valence-electron chi connectivity index (χ1n) is 14.5. The lowest BCUT2D eigenvalue weighted by molar-refractivity contribution is -0.143. The summed E-state index contributed by atoms with van der Waals surface area (Å²) in [5.41, 5.74) is 4.83. The highest BCUT2D eigenvalue weighted by Crippen LogP contribution is 2.31. The summed E-state index contributed by atoms with van der Waals surface area (Å²) in [7, 11) is 0. The molecule has 0 aliphatic carbocycles. The quantitative estimate of drug-likeness (QED) is 0.219. The van der Waals surface area contributed by atoms with Crippen LogP contribution in [0.4, 0.5) is 10.6 Å². The van der Waals surface area contributed by atoms with Crippen molar-refractivity contribution in [1.29, 1.82) is 0 Å². The van der Waals surface area contributed by atoms with Gasteiger partial charge in [-0.25, -0.2) is 9.78 Å². The Balaban J connectivity index is 1.39. The van der Waals surface area contributed by atoms with Crippen LogP contribution in [-0.4, -0.2) is 40.4 Å². The summed E-state index contributed by atoms with van der Waals surface area (Å²) in [6.07, 6.45) is 5.33. The smallest absolute Gasteiger partial charge is 0.416 e. The van der Waals surface area contributed by atoms with E-state index < -0.39 is 5.60 Å². The second-order valence-electron chi connectivity index (χ2n) is 11.5. The first-order chi connectivity index (χ1) is 19.7. The number of anilines is 1. The highest BCUT2D eigenvalue weighted by Gasteiger charge is 2.28. The van der Waals surface area contributed by atoms with E-state index in [1.807, 2.05) is 45.9 Å². The third-order valence-electron chi connectivity index (χ3n) is 7.40. The van der Waals surface area contributed by atoms with Gasteiger partial charge in [-0.3, -0.25) is 9.69 Å². The van der Waals surface area contributed by atoms with E-state index in [-0.39, 0.29) is 24.5 Å². The van der Waals surface area contributed by atoms with Crippen molar-refractivity contribution in [1.82, 2.24) is 9.55 Å².